The smallest absolute Gasteiger partial charge is 0.119 e. The standard InChI is InChI=1S/C17H22N2O/c1-3-12-20-16-9-7-14(8-10-16)17(18-2)13-15-6-4-5-11-19-15/h4-11,17-18H,3,12-13H2,1-2H3. The summed E-state index contributed by atoms with van der Waals surface area (Å²) in [7, 11) is 1.98. The molecule has 3 nitrogen and oxygen atoms in total. The van der Waals surface area contributed by atoms with Gasteiger partial charge in [0.25, 0.3) is 0 Å². The fourth-order valence-corrected chi connectivity index (χ4v) is 2.13. The fourth-order valence-electron chi connectivity index (χ4n) is 2.13. The van der Waals surface area contributed by atoms with Gasteiger partial charge in [0.1, 0.15) is 5.75 Å². The molecule has 1 atom stereocenters. The molecule has 0 bridgehead atoms. The van der Waals surface area contributed by atoms with Crippen molar-refractivity contribution in [1.29, 1.82) is 0 Å². The van der Waals surface area contributed by atoms with E-state index in [1.807, 2.05) is 37.5 Å². The number of aromatic nitrogens is 1. The Morgan fingerprint density at radius 3 is 2.55 bits per heavy atom. The molecule has 3 heteroatoms. The number of likely N-dealkylation sites (N-methyl/N-ethyl adjacent to an activating group) is 1. The molecule has 106 valence electrons. The molecule has 0 aliphatic carbocycles. The second kappa shape index (κ2) is 7.65. The minimum atomic E-state index is 0.269. The lowest BCUT2D eigenvalue weighted by atomic mass is 10.0. The third kappa shape index (κ3) is 4.07. The number of rotatable bonds is 7. The predicted octanol–water partition coefficient (Wildman–Crippen LogP) is 3.37. The average molecular weight is 270 g/mol. The summed E-state index contributed by atoms with van der Waals surface area (Å²) in [6.45, 7) is 2.88. The van der Waals surface area contributed by atoms with E-state index >= 15 is 0 Å². The molecule has 0 saturated carbocycles. The number of nitrogens with one attached hydrogen (secondary N) is 1. The normalized spacial score (nSPS) is 12.1. The highest BCUT2D eigenvalue weighted by atomic mass is 16.5. The average Bonchev–Trinajstić information content (AvgIpc) is 2.52. The second-order valence-electron chi connectivity index (χ2n) is 4.78. The van der Waals surface area contributed by atoms with E-state index in [1.54, 1.807) is 0 Å². The molecule has 1 N–H and O–H groups in total. The van der Waals surface area contributed by atoms with Crippen LogP contribution in [0.3, 0.4) is 0 Å². The molecule has 0 saturated heterocycles. The molecule has 0 aliphatic rings. The maximum absolute atomic E-state index is 5.61. The van der Waals surface area contributed by atoms with Crippen molar-refractivity contribution >= 4 is 0 Å². The Bertz CT molecular complexity index is 496. The Hall–Kier alpha value is -1.87. The summed E-state index contributed by atoms with van der Waals surface area (Å²) in [5.41, 5.74) is 2.35. The van der Waals surface area contributed by atoms with E-state index in [9.17, 15) is 0 Å². The topological polar surface area (TPSA) is 34.1 Å². The van der Waals surface area contributed by atoms with Crippen molar-refractivity contribution in [3.8, 4) is 5.75 Å². The van der Waals surface area contributed by atoms with Crippen molar-refractivity contribution in [3.05, 3.63) is 59.9 Å². The predicted molar refractivity (Wildman–Crippen MR) is 82.0 cm³/mol. The highest BCUT2D eigenvalue weighted by Gasteiger charge is 2.10. The van der Waals surface area contributed by atoms with Crippen LogP contribution in [0.2, 0.25) is 0 Å². The molecule has 1 heterocycles. The summed E-state index contributed by atoms with van der Waals surface area (Å²) in [5.74, 6) is 0.934. The Balaban J connectivity index is 2.04. The van der Waals surface area contributed by atoms with Gasteiger partial charge in [0.15, 0.2) is 0 Å². The quantitative estimate of drug-likeness (QED) is 0.837. The summed E-state index contributed by atoms with van der Waals surface area (Å²) in [5, 5.41) is 3.35. The van der Waals surface area contributed by atoms with Gasteiger partial charge in [0, 0.05) is 24.4 Å². The van der Waals surface area contributed by atoms with Crippen molar-refractivity contribution in [3.63, 3.8) is 0 Å². The Morgan fingerprint density at radius 1 is 1.15 bits per heavy atom. The lowest BCUT2D eigenvalue weighted by Crippen LogP contribution is -2.19. The molecule has 0 fully saturated rings. The molecule has 0 amide bonds. The summed E-state index contributed by atoms with van der Waals surface area (Å²) in [4.78, 5) is 4.39. The maximum Gasteiger partial charge on any atom is 0.119 e. The Morgan fingerprint density at radius 2 is 1.95 bits per heavy atom. The van der Waals surface area contributed by atoms with Crippen molar-refractivity contribution in [2.75, 3.05) is 13.7 Å². The van der Waals surface area contributed by atoms with Gasteiger partial charge < -0.3 is 10.1 Å². The van der Waals surface area contributed by atoms with Crippen LogP contribution in [-0.4, -0.2) is 18.6 Å². The number of ether oxygens (including phenoxy) is 1. The van der Waals surface area contributed by atoms with E-state index in [2.05, 4.69) is 35.4 Å². The molecule has 1 unspecified atom stereocenters. The fraction of sp³-hybridized carbons (Fsp3) is 0.353. The molecule has 0 aliphatic heterocycles. The lowest BCUT2D eigenvalue weighted by Gasteiger charge is -2.16. The minimum absolute atomic E-state index is 0.269. The molecule has 1 aromatic heterocycles. The number of hydrogen-bond acceptors (Lipinski definition) is 3. The Labute approximate surface area is 121 Å². The lowest BCUT2D eigenvalue weighted by molar-refractivity contribution is 0.317. The van der Waals surface area contributed by atoms with Crippen molar-refractivity contribution in [2.24, 2.45) is 0 Å². The van der Waals surface area contributed by atoms with Gasteiger partial charge in [0.2, 0.25) is 0 Å². The molecule has 2 aromatic rings. The highest BCUT2D eigenvalue weighted by Crippen LogP contribution is 2.20. The summed E-state index contributed by atoms with van der Waals surface area (Å²) >= 11 is 0. The molecular formula is C17H22N2O. The van der Waals surface area contributed by atoms with Gasteiger partial charge in [-0.25, -0.2) is 0 Å². The largest absolute Gasteiger partial charge is 0.494 e. The SMILES string of the molecule is CCCOc1ccc(C(Cc2ccccn2)NC)cc1. The zero-order valence-corrected chi connectivity index (χ0v) is 12.2. The minimum Gasteiger partial charge on any atom is -0.494 e. The highest BCUT2D eigenvalue weighted by molar-refractivity contribution is 5.30. The van der Waals surface area contributed by atoms with Gasteiger partial charge in [-0.3, -0.25) is 4.98 Å². The van der Waals surface area contributed by atoms with Gasteiger partial charge in [-0.1, -0.05) is 25.1 Å². The van der Waals surface area contributed by atoms with E-state index in [0.29, 0.717) is 0 Å². The van der Waals surface area contributed by atoms with Crippen molar-refractivity contribution < 1.29 is 4.74 Å². The van der Waals surface area contributed by atoms with Gasteiger partial charge in [-0.05, 0) is 43.3 Å². The van der Waals surface area contributed by atoms with Crippen molar-refractivity contribution in [1.82, 2.24) is 10.3 Å². The summed E-state index contributed by atoms with van der Waals surface area (Å²) in [6.07, 6.45) is 3.75. The number of hydrogen-bond donors (Lipinski definition) is 1. The number of nitrogens with zero attached hydrogens (tertiary/aromatic N) is 1. The molecular weight excluding hydrogens is 248 g/mol. The van der Waals surface area contributed by atoms with E-state index in [0.717, 1.165) is 30.9 Å². The van der Waals surface area contributed by atoms with Crippen LogP contribution in [0.4, 0.5) is 0 Å². The molecule has 20 heavy (non-hydrogen) atoms. The van der Waals surface area contributed by atoms with Crippen molar-refractivity contribution in [2.45, 2.75) is 25.8 Å². The molecule has 1 aromatic carbocycles. The van der Waals surface area contributed by atoms with Gasteiger partial charge in [0.05, 0.1) is 6.61 Å². The monoisotopic (exact) mass is 270 g/mol. The van der Waals surface area contributed by atoms with Gasteiger partial charge >= 0.3 is 0 Å². The van der Waals surface area contributed by atoms with E-state index in [1.165, 1.54) is 5.56 Å². The maximum atomic E-state index is 5.61. The first-order valence-electron chi connectivity index (χ1n) is 7.13. The van der Waals surface area contributed by atoms with Gasteiger partial charge in [-0.15, -0.1) is 0 Å². The first-order chi connectivity index (χ1) is 9.83. The van der Waals surface area contributed by atoms with Crippen LogP contribution in [0, 0.1) is 0 Å². The van der Waals surface area contributed by atoms with Gasteiger partial charge in [-0.2, -0.15) is 0 Å². The molecule has 2 rings (SSSR count). The summed E-state index contributed by atoms with van der Waals surface area (Å²) in [6, 6.07) is 14.6. The molecule has 0 radical (unpaired) electrons. The van der Waals surface area contributed by atoms with Crippen LogP contribution in [0.15, 0.2) is 48.7 Å². The first kappa shape index (κ1) is 14.5. The molecule has 0 spiro atoms. The number of benzene rings is 1. The van der Waals surface area contributed by atoms with Crippen LogP contribution >= 0.6 is 0 Å². The second-order valence-corrected chi connectivity index (χ2v) is 4.78. The summed E-state index contributed by atoms with van der Waals surface area (Å²) < 4.78 is 5.61. The van der Waals surface area contributed by atoms with Crippen LogP contribution in [0.1, 0.15) is 30.6 Å². The van der Waals surface area contributed by atoms with Crippen LogP contribution < -0.4 is 10.1 Å². The van der Waals surface area contributed by atoms with Crippen LogP contribution in [0.5, 0.6) is 5.75 Å². The van der Waals surface area contributed by atoms with E-state index in [-0.39, 0.29) is 6.04 Å². The van der Waals surface area contributed by atoms with E-state index < -0.39 is 0 Å². The van der Waals surface area contributed by atoms with Crippen LogP contribution in [0.25, 0.3) is 0 Å². The zero-order valence-electron chi connectivity index (χ0n) is 12.2. The zero-order chi connectivity index (χ0) is 14.2. The third-order valence-electron chi connectivity index (χ3n) is 3.24. The first-order valence-corrected chi connectivity index (χ1v) is 7.13. The van der Waals surface area contributed by atoms with Crippen LogP contribution in [-0.2, 0) is 6.42 Å². The third-order valence-corrected chi connectivity index (χ3v) is 3.24. The van der Waals surface area contributed by atoms with E-state index in [4.69, 9.17) is 4.74 Å². The number of pyridine rings is 1. The Kier molecular flexibility index (Phi) is 5.56.